The van der Waals surface area contributed by atoms with Crippen LogP contribution in [0, 0.1) is 0 Å². The molecule has 1 atom stereocenters. The van der Waals surface area contributed by atoms with Gasteiger partial charge in [-0.15, -0.1) is 0 Å². The lowest BCUT2D eigenvalue weighted by molar-refractivity contribution is 0.291. The third-order valence-corrected chi connectivity index (χ3v) is 4.04. The van der Waals surface area contributed by atoms with Crippen LogP contribution in [0.5, 0.6) is 11.5 Å². The van der Waals surface area contributed by atoms with Gasteiger partial charge in [0.25, 0.3) is 0 Å². The Morgan fingerprint density at radius 3 is 2.29 bits per heavy atom. The Kier molecular flexibility index (Phi) is 5.48. The smallest absolute Gasteiger partial charge is 0.437 e. The Labute approximate surface area is 115 Å². The molecule has 0 saturated carbocycles. The van der Waals surface area contributed by atoms with Gasteiger partial charge in [0.2, 0.25) is 0 Å². The molecule has 0 spiro atoms. The van der Waals surface area contributed by atoms with Crippen molar-refractivity contribution in [2.24, 2.45) is 0 Å². The van der Waals surface area contributed by atoms with Crippen LogP contribution in [-0.2, 0) is 9.09 Å². The van der Waals surface area contributed by atoms with E-state index < -0.39 is 6.80 Å². The van der Waals surface area contributed by atoms with E-state index in [4.69, 9.17) is 37.0 Å². The second-order valence-corrected chi connectivity index (χ2v) is 6.56. The molecule has 1 unspecified atom stereocenters. The molecule has 0 N–H and O–H groups in total. The summed E-state index contributed by atoms with van der Waals surface area (Å²) in [5, 5.41) is 0.563. The lowest BCUT2D eigenvalue weighted by atomic mass is 10.3. The number of rotatable bonds is 5. The highest BCUT2D eigenvalue weighted by Gasteiger charge is 2.22. The van der Waals surface area contributed by atoms with Crippen LogP contribution in [-0.4, -0.2) is 13.7 Å². The molecule has 1 rings (SSSR count). The monoisotopic (exact) mass is 316 g/mol. The second-order valence-electron chi connectivity index (χ2n) is 2.89. The van der Waals surface area contributed by atoms with Crippen molar-refractivity contribution in [2.75, 3.05) is 13.7 Å². The van der Waals surface area contributed by atoms with Crippen molar-refractivity contribution in [3.63, 3.8) is 0 Å². The maximum atomic E-state index is 11.7. The number of ether oxygens (including phenoxy) is 1. The molecule has 0 aromatic heterocycles. The largest absolute Gasteiger partial charge is 0.493 e. The van der Waals surface area contributed by atoms with Crippen LogP contribution in [0.2, 0.25) is 10.0 Å². The van der Waals surface area contributed by atoms with Crippen molar-refractivity contribution in [1.82, 2.24) is 0 Å². The third-order valence-electron chi connectivity index (χ3n) is 1.71. The number of thiol groups is 1. The Bertz CT molecular complexity index is 455. The topological polar surface area (TPSA) is 44.8 Å². The predicted octanol–water partition coefficient (Wildman–Crippen LogP) is 4.46. The highest BCUT2D eigenvalue weighted by molar-refractivity contribution is 8.44. The number of hydrogen-bond donors (Lipinski definition) is 1. The second kappa shape index (κ2) is 6.21. The van der Waals surface area contributed by atoms with Gasteiger partial charge in [0.15, 0.2) is 11.5 Å². The molecule has 17 heavy (non-hydrogen) atoms. The van der Waals surface area contributed by atoms with Gasteiger partial charge in [-0.2, -0.15) is 0 Å². The highest BCUT2D eigenvalue weighted by Crippen LogP contribution is 2.54. The van der Waals surface area contributed by atoms with Crippen LogP contribution in [0.15, 0.2) is 12.1 Å². The van der Waals surface area contributed by atoms with Crippen molar-refractivity contribution in [1.29, 1.82) is 0 Å². The summed E-state index contributed by atoms with van der Waals surface area (Å²) in [7, 11) is 1.43. The molecule has 0 heterocycles. The first-order chi connectivity index (χ1) is 7.89. The summed E-state index contributed by atoms with van der Waals surface area (Å²) in [5.74, 6) is 0.460. The van der Waals surface area contributed by atoms with Gasteiger partial charge in [-0.1, -0.05) is 23.2 Å². The van der Waals surface area contributed by atoms with Crippen molar-refractivity contribution >= 4 is 42.2 Å². The first kappa shape index (κ1) is 15.0. The quantitative estimate of drug-likeness (QED) is 0.643. The Balaban J connectivity index is 3.05. The summed E-state index contributed by atoms with van der Waals surface area (Å²) < 4.78 is 26.8. The maximum absolute atomic E-state index is 11.7. The highest BCUT2D eigenvalue weighted by atomic mass is 35.5. The van der Waals surface area contributed by atoms with E-state index in [2.05, 4.69) is 12.2 Å². The zero-order chi connectivity index (χ0) is 13.1. The van der Waals surface area contributed by atoms with Gasteiger partial charge in [0.05, 0.1) is 23.8 Å². The van der Waals surface area contributed by atoms with E-state index in [1.807, 2.05) is 0 Å². The molecule has 1 aromatic rings. The van der Waals surface area contributed by atoms with E-state index in [9.17, 15) is 4.57 Å². The van der Waals surface area contributed by atoms with Crippen LogP contribution >= 0.6 is 42.2 Å². The van der Waals surface area contributed by atoms with Gasteiger partial charge in [0, 0.05) is 12.1 Å². The third kappa shape index (κ3) is 4.27. The number of methoxy groups -OCH3 is 1. The minimum atomic E-state index is -3.48. The van der Waals surface area contributed by atoms with Crippen molar-refractivity contribution in [3.05, 3.63) is 22.2 Å². The molecule has 0 amide bonds. The molecule has 0 aliphatic carbocycles. The molecule has 0 aliphatic rings. The summed E-state index contributed by atoms with van der Waals surface area (Å²) in [6.07, 6.45) is 0. The van der Waals surface area contributed by atoms with E-state index in [-0.39, 0.29) is 17.4 Å². The van der Waals surface area contributed by atoms with Crippen molar-refractivity contribution in [2.45, 2.75) is 6.92 Å². The van der Waals surface area contributed by atoms with Gasteiger partial charge in [-0.05, 0) is 19.2 Å². The fourth-order valence-electron chi connectivity index (χ4n) is 1.05. The normalized spacial score (nSPS) is 14.2. The van der Waals surface area contributed by atoms with E-state index in [1.165, 1.54) is 19.2 Å². The molecule has 0 radical (unpaired) electrons. The standard InChI is InChI=1S/C9H11Cl2O4PS/c1-3-14-16(12,17)15-9-5-7(11)6(10)4-8(9)13-2/h4-5H,3H2,1-2H3,(H,12,17). The van der Waals surface area contributed by atoms with Crippen LogP contribution in [0.25, 0.3) is 0 Å². The van der Waals surface area contributed by atoms with Gasteiger partial charge >= 0.3 is 6.80 Å². The first-order valence-electron chi connectivity index (χ1n) is 4.59. The predicted molar refractivity (Wildman–Crippen MR) is 71.9 cm³/mol. The zero-order valence-electron chi connectivity index (χ0n) is 9.15. The van der Waals surface area contributed by atoms with Crippen LogP contribution in [0.3, 0.4) is 0 Å². The molecule has 0 fully saturated rings. The fraction of sp³-hybridized carbons (Fsp3) is 0.333. The lowest BCUT2D eigenvalue weighted by Gasteiger charge is -2.15. The van der Waals surface area contributed by atoms with Gasteiger partial charge in [-0.25, -0.2) is 4.57 Å². The maximum Gasteiger partial charge on any atom is 0.437 e. The SMILES string of the molecule is CCOP(=O)(S)Oc1cc(Cl)c(Cl)cc1OC. The van der Waals surface area contributed by atoms with E-state index in [1.54, 1.807) is 6.92 Å². The Morgan fingerprint density at radius 2 is 1.82 bits per heavy atom. The summed E-state index contributed by atoms with van der Waals surface area (Å²) in [6, 6.07) is 2.85. The van der Waals surface area contributed by atoms with Crippen LogP contribution in [0.1, 0.15) is 6.92 Å². The Hall–Kier alpha value is -0.0600. The van der Waals surface area contributed by atoms with Gasteiger partial charge < -0.3 is 9.26 Å². The van der Waals surface area contributed by atoms with E-state index in [0.717, 1.165) is 0 Å². The fourth-order valence-corrected chi connectivity index (χ4v) is 2.74. The summed E-state index contributed by atoms with van der Waals surface area (Å²) in [6.45, 7) is -1.59. The molecular formula is C9H11Cl2O4PS. The van der Waals surface area contributed by atoms with E-state index in [0.29, 0.717) is 10.8 Å². The molecule has 96 valence electrons. The van der Waals surface area contributed by atoms with Crippen LogP contribution < -0.4 is 9.26 Å². The van der Waals surface area contributed by atoms with Crippen LogP contribution in [0.4, 0.5) is 0 Å². The summed E-state index contributed by atoms with van der Waals surface area (Å²) in [4.78, 5) is 0. The Morgan fingerprint density at radius 1 is 1.29 bits per heavy atom. The molecule has 0 bridgehead atoms. The number of hydrogen-bond acceptors (Lipinski definition) is 4. The molecule has 0 aliphatic heterocycles. The lowest BCUT2D eigenvalue weighted by Crippen LogP contribution is -1.95. The molecule has 1 aromatic carbocycles. The van der Waals surface area contributed by atoms with E-state index >= 15 is 0 Å². The van der Waals surface area contributed by atoms with Crippen molar-refractivity contribution < 1.29 is 18.3 Å². The molecule has 8 heteroatoms. The zero-order valence-corrected chi connectivity index (χ0v) is 12.4. The molecule has 4 nitrogen and oxygen atoms in total. The first-order valence-corrected chi connectivity index (χ1v) is 8.04. The van der Waals surface area contributed by atoms with Gasteiger partial charge in [-0.3, -0.25) is 4.52 Å². The average molecular weight is 317 g/mol. The van der Waals surface area contributed by atoms with Crippen molar-refractivity contribution in [3.8, 4) is 11.5 Å². The average Bonchev–Trinajstić information content (AvgIpc) is 2.22. The number of benzene rings is 1. The molecule has 0 saturated heterocycles. The summed E-state index contributed by atoms with van der Waals surface area (Å²) in [5.41, 5.74) is 0. The van der Waals surface area contributed by atoms with Gasteiger partial charge in [0.1, 0.15) is 0 Å². The number of halogens is 2. The molecular weight excluding hydrogens is 306 g/mol. The summed E-state index contributed by atoms with van der Waals surface area (Å²) >= 11 is 15.4. The minimum Gasteiger partial charge on any atom is -0.493 e. The minimum absolute atomic E-state index is 0.161.